The molecule has 6 aromatic carbocycles. The molecule has 0 radical (unpaired) electrons. The lowest BCUT2D eigenvalue weighted by atomic mass is 9.99. The van der Waals surface area contributed by atoms with E-state index >= 15 is 0 Å². The van der Waals surface area contributed by atoms with Crippen LogP contribution in [-0.4, -0.2) is 9.55 Å². The first kappa shape index (κ1) is 20.0. The number of fused-ring (bicyclic) bond motifs is 8. The van der Waals surface area contributed by atoms with Crippen molar-refractivity contribution >= 4 is 43.7 Å². The normalized spacial score (nSPS) is 12.2. The Morgan fingerprint density at radius 3 is 2.18 bits per heavy atom. The summed E-state index contributed by atoms with van der Waals surface area (Å²) in [6.45, 7) is 0. The molecular formula is C35H20N2O. The fourth-order valence-electron chi connectivity index (χ4n) is 6.37. The molecule has 1 aliphatic carbocycles. The molecule has 3 nitrogen and oxygen atoms in total. The molecule has 38 heavy (non-hydrogen) atoms. The molecule has 0 saturated carbocycles. The smallest absolute Gasteiger partial charge is 0.145 e. The van der Waals surface area contributed by atoms with Gasteiger partial charge in [-0.2, -0.15) is 0 Å². The standard InChI is InChI=1S/C35H20N2O/c1-2-10-21(11-3-1)35-36-28-16-6-7-17-29(28)37(35)30-18-9-19-31-33(30)27-20-26-23-13-5-4-12-22(23)24-14-8-15-25(32(24)26)34(27)38-31/h1-20H. The second-order valence-corrected chi connectivity index (χ2v) is 9.95. The number of rotatable bonds is 2. The molecule has 0 unspecified atom stereocenters. The first-order valence-electron chi connectivity index (χ1n) is 12.9. The van der Waals surface area contributed by atoms with E-state index < -0.39 is 0 Å². The molecule has 0 N–H and O–H groups in total. The van der Waals surface area contributed by atoms with E-state index in [1.165, 1.54) is 27.6 Å². The molecule has 9 rings (SSSR count). The van der Waals surface area contributed by atoms with Crippen molar-refractivity contribution in [1.82, 2.24) is 9.55 Å². The monoisotopic (exact) mass is 484 g/mol. The Balaban J connectivity index is 1.45. The zero-order valence-electron chi connectivity index (χ0n) is 20.3. The van der Waals surface area contributed by atoms with Crippen LogP contribution in [0.5, 0.6) is 0 Å². The molecule has 0 fully saturated rings. The van der Waals surface area contributed by atoms with E-state index in [-0.39, 0.29) is 0 Å². The van der Waals surface area contributed by atoms with Crippen LogP contribution in [0.1, 0.15) is 0 Å². The molecule has 8 aromatic rings. The highest BCUT2D eigenvalue weighted by atomic mass is 16.3. The van der Waals surface area contributed by atoms with Gasteiger partial charge in [0.15, 0.2) is 0 Å². The number of benzene rings is 6. The highest BCUT2D eigenvalue weighted by Gasteiger charge is 2.26. The van der Waals surface area contributed by atoms with Crippen LogP contribution in [-0.2, 0) is 0 Å². The minimum absolute atomic E-state index is 0.881. The van der Waals surface area contributed by atoms with Gasteiger partial charge in [-0.05, 0) is 52.6 Å². The van der Waals surface area contributed by atoms with Gasteiger partial charge in [-0.15, -0.1) is 0 Å². The van der Waals surface area contributed by atoms with E-state index in [0.717, 1.165) is 55.4 Å². The number of imidazole rings is 1. The van der Waals surface area contributed by atoms with Gasteiger partial charge in [0.2, 0.25) is 0 Å². The zero-order valence-corrected chi connectivity index (χ0v) is 20.3. The summed E-state index contributed by atoms with van der Waals surface area (Å²) >= 11 is 0. The van der Waals surface area contributed by atoms with E-state index in [0.29, 0.717) is 0 Å². The Morgan fingerprint density at radius 2 is 1.29 bits per heavy atom. The van der Waals surface area contributed by atoms with Crippen LogP contribution in [0.25, 0.3) is 83.1 Å². The van der Waals surface area contributed by atoms with E-state index in [1.807, 2.05) is 12.1 Å². The van der Waals surface area contributed by atoms with Gasteiger partial charge in [-0.3, -0.25) is 4.57 Å². The highest BCUT2D eigenvalue weighted by Crippen LogP contribution is 2.51. The first-order chi connectivity index (χ1) is 18.9. The van der Waals surface area contributed by atoms with Gasteiger partial charge in [0, 0.05) is 21.7 Å². The second-order valence-electron chi connectivity index (χ2n) is 9.95. The summed E-state index contributed by atoms with van der Waals surface area (Å²) in [6, 6.07) is 42.7. The average Bonchev–Trinajstić information content (AvgIpc) is 3.65. The number of furan rings is 1. The molecule has 0 saturated heterocycles. The highest BCUT2D eigenvalue weighted by molar-refractivity contribution is 6.26. The lowest BCUT2D eigenvalue weighted by molar-refractivity contribution is 0.672. The maximum atomic E-state index is 6.66. The molecule has 0 aliphatic heterocycles. The van der Waals surface area contributed by atoms with Crippen molar-refractivity contribution in [2.45, 2.75) is 0 Å². The molecule has 2 aromatic heterocycles. The number of aromatic nitrogens is 2. The molecule has 0 bridgehead atoms. The summed E-state index contributed by atoms with van der Waals surface area (Å²) < 4.78 is 8.95. The van der Waals surface area contributed by atoms with Crippen molar-refractivity contribution < 1.29 is 4.42 Å². The van der Waals surface area contributed by atoms with Gasteiger partial charge in [-0.1, -0.05) is 91.0 Å². The summed E-state index contributed by atoms with van der Waals surface area (Å²) in [5.74, 6) is 0.923. The van der Waals surface area contributed by atoms with Gasteiger partial charge < -0.3 is 4.42 Å². The van der Waals surface area contributed by atoms with Crippen molar-refractivity contribution in [2.24, 2.45) is 0 Å². The Kier molecular flexibility index (Phi) is 3.79. The number of nitrogens with zero attached hydrogens (tertiary/aromatic N) is 2. The lowest BCUT2D eigenvalue weighted by Crippen LogP contribution is -1.98. The summed E-state index contributed by atoms with van der Waals surface area (Å²) in [5.41, 5.74) is 11.1. The predicted octanol–water partition coefficient (Wildman–Crippen LogP) is 9.39. The van der Waals surface area contributed by atoms with E-state index in [2.05, 4.69) is 114 Å². The topological polar surface area (TPSA) is 31.0 Å². The van der Waals surface area contributed by atoms with Gasteiger partial charge in [-0.25, -0.2) is 4.98 Å². The lowest BCUT2D eigenvalue weighted by Gasteiger charge is -2.11. The summed E-state index contributed by atoms with van der Waals surface area (Å²) in [4.78, 5) is 5.08. The molecular weight excluding hydrogens is 464 g/mol. The Bertz CT molecular complexity index is 2230. The van der Waals surface area contributed by atoms with Gasteiger partial charge >= 0.3 is 0 Å². The van der Waals surface area contributed by atoms with Crippen LogP contribution in [0, 0.1) is 0 Å². The van der Waals surface area contributed by atoms with Crippen LogP contribution in [0.3, 0.4) is 0 Å². The number of para-hydroxylation sites is 2. The van der Waals surface area contributed by atoms with Crippen molar-refractivity contribution in [2.75, 3.05) is 0 Å². The van der Waals surface area contributed by atoms with Gasteiger partial charge in [0.05, 0.1) is 22.1 Å². The third kappa shape index (κ3) is 2.50. The Hall–Kier alpha value is -5.15. The first-order valence-corrected chi connectivity index (χ1v) is 12.9. The largest absolute Gasteiger partial charge is 0.455 e. The third-order valence-corrected chi connectivity index (χ3v) is 7.94. The van der Waals surface area contributed by atoms with Crippen molar-refractivity contribution in [3.05, 3.63) is 121 Å². The van der Waals surface area contributed by atoms with E-state index in [1.54, 1.807) is 0 Å². The quantitative estimate of drug-likeness (QED) is 0.245. The fraction of sp³-hybridized carbons (Fsp3) is 0. The summed E-state index contributed by atoms with van der Waals surface area (Å²) in [5, 5.41) is 4.67. The van der Waals surface area contributed by atoms with Gasteiger partial charge in [0.1, 0.15) is 17.0 Å². The Morgan fingerprint density at radius 1 is 0.553 bits per heavy atom. The van der Waals surface area contributed by atoms with E-state index in [9.17, 15) is 0 Å². The zero-order chi connectivity index (χ0) is 24.8. The molecule has 1 aliphatic rings. The molecule has 3 heteroatoms. The maximum absolute atomic E-state index is 6.66. The summed E-state index contributed by atoms with van der Waals surface area (Å²) in [7, 11) is 0. The van der Waals surface area contributed by atoms with Gasteiger partial charge in [0.25, 0.3) is 0 Å². The molecule has 176 valence electrons. The van der Waals surface area contributed by atoms with E-state index in [4.69, 9.17) is 9.40 Å². The van der Waals surface area contributed by atoms with Crippen LogP contribution >= 0.6 is 0 Å². The second kappa shape index (κ2) is 7.21. The maximum Gasteiger partial charge on any atom is 0.145 e. The van der Waals surface area contributed by atoms with Crippen LogP contribution < -0.4 is 0 Å². The minimum Gasteiger partial charge on any atom is -0.455 e. The third-order valence-electron chi connectivity index (χ3n) is 7.94. The average molecular weight is 485 g/mol. The van der Waals surface area contributed by atoms with Crippen molar-refractivity contribution in [3.8, 4) is 39.3 Å². The molecule has 0 amide bonds. The predicted molar refractivity (Wildman–Crippen MR) is 156 cm³/mol. The molecule has 0 atom stereocenters. The van der Waals surface area contributed by atoms with Crippen molar-refractivity contribution in [1.29, 1.82) is 0 Å². The minimum atomic E-state index is 0.881. The molecule has 2 heterocycles. The van der Waals surface area contributed by atoms with Crippen molar-refractivity contribution in [3.63, 3.8) is 0 Å². The summed E-state index contributed by atoms with van der Waals surface area (Å²) in [6.07, 6.45) is 0. The number of hydrogen-bond acceptors (Lipinski definition) is 2. The SMILES string of the molecule is c1ccc(-c2nc3ccccc3n2-c2cccc3oc4c5cccc6c5c(cc4c23)-c2ccccc2-6)cc1. The van der Waals surface area contributed by atoms with Crippen LogP contribution in [0.2, 0.25) is 0 Å². The molecule has 0 spiro atoms. The number of hydrogen-bond donors (Lipinski definition) is 0. The Labute approximate surface area is 218 Å². The van der Waals surface area contributed by atoms with Crippen LogP contribution in [0.4, 0.5) is 0 Å². The van der Waals surface area contributed by atoms with Crippen LogP contribution in [0.15, 0.2) is 126 Å². The fourth-order valence-corrected chi connectivity index (χ4v) is 6.37.